The van der Waals surface area contributed by atoms with E-state index in [1.807, 2.05) is 29.1 Å². The molecule has 1 aromatic carbocycles. The van der Waals surface area contributed by atoms with Crippen molar-refractivity contribution >= 4 is 53.1 Å². The standard InChI is InChI=1S/C14H17Cl2N5.HI/c1-17-14(18-6-8-21-7-2-5-20-21)19-10-11-3-4-12(15)9-13(11)16;/h2-5,7,9H,6,8,10H2,1H3,(H2,17,18,19);1H. The molecule has 0 spiro atoms. The molecule has 2 aromatic rings. The smallest absolute Gasteiger partial charge is 0.191 e. The number of guanidine groups is 1. The normalized spacial score (nSPS) is 11.0. The summed E-state index contributed by atoms with van der Waals surface area (Å²) >= 11 is 12.0. The molecule has 120 valence electrons. The van der Waals surface area contributed by atoms with Gasteiger partial charge >= 0.3 is 0 Å². The fraction of sp³-hybridized carbons (Fsp3) is 0.286. The van der Waals surface area contributed by atoms with Gasteiger partial charge in [0.25, 0.3) is 0 Å². The first-order valence-corrected chi connectivity index (χ1v) is 7.30. The van der Waals surface area contributed by atoms with Crippen LogP contribution >= 0.6 is 47.2 Å². The van der Waals surface area contributed by atoms with Crippen LogP contribution < -0.4 is 10.6 Å². The van der Waals surface area contributed by atoms with Gasteiger partial charge in [-0.3, -0.25) is 9.67 Å². The van der Waals surface area contributed by atoms with Gasteiger partial charge in [-0.15, -0.1) is 24.0 Å². The second kappa shape index (κ2) is 9.91. The molecule has 22 heavy (non-hydrogen) atoms. The van der Waals surface area contributed by atoms with E-state index in [4.69, 9.17) is 23.2 Å². The van der Waals surface area contributed by atoms with Crippen LogP contribution in [-0.4, -0.2) is 29.3 Å². The number of nitrogens with one attached hydrogen (secondary N) is 2. The molecule has 1 aromatic heterocycles. The summed E-state index contributed by atoms with van der Waals surface area (Å²) in [6.45, 7) is 2.09. The highest BCUT2D eigenvalue weighted by atomic mass is 127. The van der Waals surface area contributed by atoms with Gasteiger partial charge in [-0.05, 0) is 23.8 Å². The zero-order valence-corrected chi connectivity index (χ0v) is 15.9. The number of benzene rings is 1. The van der Waals surface area contributed by atoms with E-state index in [0.717, 1.165) is 18.7 Å². The summed E-state index contributed by atoms with van der Waals surface area (Å²) < 4.78 is 1.86. The van der Waals surface area contributed by atoms with E-state index < -0.39 is 0 Å². The van der Waals surface area contributed by atoms with Crippen LogP contribution in [0.3, 0.4) is 0 Å². The molecule has 0 aliphatic heterocycles. The highest BCUT2D eigenvalue weighted by molar-refractivity contribution is 14.0. The van der Waals surface area contributed by atoms with Gasteiger partial charge in [-0.1, -0.05) is 29.3 Å². The first-order valence-electron chi connectivity index (χ1n) is 6.55. The molecule has 2 N–H and O–H groups in total. The van der Waals surface area contributed by atoms with Crippen molar-refractivity contribution in [3.05, 3.63) is 52.3 Å². The van der Waals surface area contributed by atoms with E-state index in [9.17, 15) is 0 Å². The number of aliphatic imine (C=N–C) groups is 1. The Morgan fingerprint density at radius 3 is 2.77 bits per heavy atom. The third kappa shape index (κ3) is 6.02. The van der Waals surface area contributed by atoms with Crippen LogP contribution in [0.4, 0.5) is 0 Å². The van der Waals surface area contributed by atoms with Gasteiger partial charge < -0.3 is 10.6 Å². The summed E-state index contributed by atoms with van der Waals surface area (Å²) in [4.78, 5) is 4.16. The molecule has 2 rings (SSSR count). The summed E-state index contributed by atoms with van der Waals surface area (Å²) in [7, 11) is 1.73. The minimum Gasteiger partial charge on any atom is -0.355 e. The number of aromatic nitrogens is 2. The lowest BCUT2D eigenvalue weighted by molar-refractivity contribution is 0.597. The van der Waals surface area contributed by atoms with Crippen molar-refractivity contribution < 1.29 is 0 Å². The van der Waals surface area contributed by atoms with Crippen molar-refractivity contribution in [3.63, 3.8) is 0 Å². The lowest BCUT2D eigenvalue weighted by Crippen LogP contribution is -2.38. The second-order valence-corrected chi connectivity index (χ2v) is 5.20. The second-order valence-electron chi connectivity index (χ2n) is 4.36. The SMILES string of the molecule is CN=C(NCCn1cccn1)NCc1ccc(Cl)cc1Cl.I. The largest absolute Gasteiger partial charge is 0.355 e. The molecule has 0 unspecified atom stereocenters. The number of halogens is 3. The van der Waals surface area contributed by atoms with E-state index in [-0.39, 0.29) is 24.0 Å². The minimum absolute atomic E-state index is 0. The molecule has 0 atom stereocenters. The maximum Gasteiger partial charge on any atom is 0.191 e. The Bertz CT molecular complexity index is 601. The van der Waals surface area contributed by atoms with Crippen LogP contribution in [0.15, 0.2) is 41.7 Å². The Labute approximate surface area is 157 Å². The van der Waals surface area contributed by atoms with Gasteiger partial charge in [0, 0.05) is 42.6 Å². The number of nitrogens with zero attached hydrogens (tertiary/aromatic N) is 3. The molecule has 0 saturated carbocycles. The van der Waals surface area contributed by atoms with Crippen molar-refractivity contribution in [3.8, 4) is 0 Å². The van der Waals surface area contributed by atoms with Crippen molar-refractivity contribution in [1.82, 2.24) is 20.4 Å². The quantitative estimate of drug-likeness (QED) is 0.415. The van der Waals surface area contributed by atoms with Crippen LogP contribution in [0.2, 0.25) is 10.0 Å². The Morgan fingerprint density at radius 2 is 2.14 bits per heavy atom. The van der Waals surface area contributed by atoms with Crippen LogP contribution in [0.5, 0.6) is 0 Å². The Balaban J connectivity index is 0.00000242. The number of hydrogen-bond donors (Lipinski definition) is 2. The van der Waals surface area contributed by atoms with Crippen molar-refractivity contribution in [2.45, 2.75) is 13.1 Å². The number of hydrogen-bond acceptors (Lipinski definition) is 2. The van der Waals surface area contributed by atoms with Crippen molar-refractivity contribution in [2.75, 3.05) is 13.6 Å². The minimum atomic E-state index is 0. The molecule has 5 nitrogen and oxygen atoms in total. The average Bonchev–Trinajstić information content (AvgIpc) is 2.97. The fourth-order valence-corrected chi connectivity index (χ4v) is 2.26. The molecule has 1 heterocycles. The zero-order valence-electron chi connectivity index (χ0n) is 12.1. The average molecular weight is 454 g/mol. The predicted molar refractivity (Wildman–Crippen MR) is 102 cm³/mol. The summed E-state index contributed by atoms with van der Waals surface area (Å²) in [5.74, 6) is 0.716. The maximum absolute atomic E-state index is 6.13. The molecule has 0 bridgehead atoms. The van der Waals surface area contributed by atoms with Crippen LogP contribution in [0.25, 0.3) is 0 Å². The molecule has 0 saturated heterocycles. The third-order valence-corrected chi connectivity index (χ3v) is 3.46. The predicted octanol–water partition coefficient (Wildman–Crippen LogP) is 3.17. The van der Waals surface area contributed by atoms with Gasteiger partial charge in [0.1, 0.15) is 0 Å². The highest BCUT2D eigenvalue weighted by Crippen LogP contribution is 2.20. The monoisotopic (exact) mass is 453 g/mol. The topological polar surface area (TPSA) is 54.2 Å². The molecule has 0 radical (unpaired) electrons. The molecular formula is C14H18Cl2IN5. The molecule has 0 aliphatic carbocycles. The van der Waals surface area contributed by atoms with Gasteiger partial charge in [-0.25, -0.2) is 0 Å². The highest BCUT2D eigenvalue weighted by Gasteiger charge is 2.03. The summed E-state index contributed by atoms with van der Waals surface area (Å²) in [6, 6.07) is 7.34. The molecule has 0 aliphatic rings. The number of rotatable bonds is 5. The first kappa shape index (κ1) is 19.1. The summed E-state index contributed by atoms with van der Waals surface area (Å²) in [5.41, 5.74) is 0.969. The van der Waals surface area contributed by atoms with Crippen LogP contribution in [0.1, 0.15) is 5.56 Å². The maximum atomic E-state index is 6.13. The lowest BCUT2D eigenvalue weighted by atomic mass is 10.2. The molecule has 0 fully saturated rings. The van der Waals surface area contributed by atoms with Gasteiger partial charge in [-0.2, -0.15) is 5.10 Å². The molecule has 0 amide bonds. The Morgan fingerprint density at radius 1 is 1.32 bits per heavy atom. The first-order chi connectivity index (χ1) is 10.2. The molecule has 8 heteroatoms. The molecular weight excluding hydrogens is 436 g/mol. The zero-order chi connectivity index (χ0) is 15.1. The van der Waals surface area contributed by atoms with Crippen molar-refractivity contribution in [1.29, 1.82) is 0 Å². The van der Waals surface area contributed by atoms with Gasteiger partial charge in [0.2, 0.25) is 0 Å². The van der Waals surface area contributed by atoms with E-state index in [1.165, 1.54) is 0 Å². The van der Waals surface area contributed by atoms with Crippen LogP contribution in [-0.2, 0) is 13.1 Å². The van der Waals surface area contributed by atoms with E-state index in [0.29, 0.717) is 22.5 Å². The third-order valence-electron chi connectivity index (χ3n) is 2.88. The summed E-state index contributed by atoms with van der Waals surface area (Å²) in [6.07, 6.45) is 3.68. The Hall–Kier alpha value is -0.990. The van der Waals surface area contributed by atoms with Gasteiger partial charge in [0.15, 0.2) is 5.96 Å². The van der Waals surface area contributed by atoms with E-state index >= 15 is 0 Å². The van der Waals surface area contributed by atoms with E-state index in [1.54, 1.807) is 19.3 Å². The lowest BCUT2D eigenvalue weighted by Gasteiger charge is -2.12. The Kier molecular flexibility index (Phi) is 8.59. The van der Waals surface area contributed by atoms with Crippen LogP contribution in [0, 0.1) is 0 Å². The van der Waals surface area contributed by atoms with E-state index in [2.05, 4.69) is 20.7 Å². The van der Waals surface area contributed by atoms with Gasteiger partial charge in [0.05, 0.1) is 6.54 Å². The fourth-order valence-electron chi connectivity index (χ4n) is 1.79. The van der Waals surface area contributed by atoms with Crippen molar-refractivity contribution in [2.24, 2.45) is 4.99 Å². The summed E-state index contributed by atoms with van der Waals surface area (Å²) in [5, 5.41) is 11.8.